The van der Waals surface area contributed by atoms with Crippen LogP contribution in [-0.2, 0) is 9.53 Å². The van der Waals surface area contributed by atoms with Crippen molar-refractivity contribution in [2.24, 2.45) is 17.8 Å². The van der Waals surface area contributed by atoms with Gasteiger partial charge in [-0.3, -0.25) is 4.79 Å². The van der Waals surface area contributed by atoms with Crippen molar-refractivity contribution in [3.05, 3.63) is 0 Å². The summed E-state index contributed by atoms with van der Waals surface area (Å²) in [5.74, 6) is 1.43. The zero-order valence-corrected chi connectivity index (χ0v) is 6.67. The molecule has 0 aromatic rings. The number of rotatable bonds is 2. The molecule has 62 valence electrons. The summed E-state index contributed by atoms with van der Waals surface area (Å²) in [4.78, 5) is 11.2. The second kappa shape index (κ2) is 2.48. The molecule has 3 nitrogen and oxygen atoms in total. The third kappa shape index (κ3) is 1.03. The Kier molecular flexibility index (Phi) is 1.60. The monoisotopic (exact) mass is 155 g/mol. The van der Waals surface area contributed by atoms with Crippen molar-refractivity contribution in [3.63, 3.8) is 0 Å². The number of piperidine rings is 1. The lowest BCUT2D eigenvalue weighted by molar-refractivity contribution is -0.145. The number of hydrogen-bond donors (Lipinski definition) is 1. The zero-order valence-electron chi connectivity index (χ0n) is 6.67. The van der Waals surface area contributed by atoms with Crippen LogP contribution >= 0.6 is 0 Å². The molecule has 0 aromatic heterocycles. The van der Waals surface area contributed by atoms with E-state index in [1.54, 1.807) is 0 Å². The van der Waals surface area contributed by atoms with E-state index in [0.29, 0.717) is 18.4 Å². The fourth-order valence-electron chi connectivity index (χ4n) is 2.01. The van der Waals surface area contributed by atoms with Crippen LogP contribution in [0.5, 0.6) is 0 Å². The minimum absolute atomic E-state index is 0.0176. The SMILES string of the molecule is CCOC(=O)C1C2CNCC21. The van der Waals surface area contributed by atoms with Gasteiger partial charge in [0.25, 0.3) is 0 Å². The molecule has 1 aliphatic heterocycles. The predicted octanol–water partition coefficient (Wildman–Crippen LogP) is 0.0149. The Balaban J connectivity index is 1.85. The van der Waals surface area contributed by atoms with Gasteiger partial charge in [-0.15, -0.1) is 0 Å². The molecule has 0 aromatic carbocycles. The van der Waals surface area contributed by atoms with E-state index in [4.69, 9.17) is 4.74 Å². The number of ether oxygens (including phenoxy) is 1. The van der Waals surface area contributed by atoms with Crippen molar-refractivity contribution >= 4 is 5.97 Å². The Hall–Kier alpha value is -0.570. The maximum absolute atomic E-state index is 11.2. The molecule has 1 saturated heterocycles. The highest BCUT2D eigenvalue weighted by Crippen LogP contribution is 2.49. The molecule has 11 heavy (non-hydrogen) atoms. The number of esters is 1. The summed E-state index contributed by atoms with van der Waals surface area (Å²) in [7, 11) is 0. The third-order valence-corrected chi connectivity index (χ3v) is 2.65. The van der Waals surface area contributed by atoms with Crippen LogP contribution in [0, 0.1) is 17.8 Å². The number of fused-ring (bicyclic) bond motifs is 1. The van der Waals surface area contributed by atoms with Crippen molar-refractivity contribution in [2.45, 2.75) is 6.92 Å². The topological polar surface area (TPSA) is 38.3 Å². The van der Waals surface area contributed by atoms with E-state index in [1.165, 1.54) is 0 Å². The average molecular weight is 155 g/mol. The van der Waals surface area contributed by atoms with Crippen molar-refractivity contribution in [3.8, 4) is 0 Å². The van der Waals surface area contributed by atoms with Crippen LogP contribution in [0.15, 0.2) is 0 Å². The van der Waals surface area contributed by atoms with Gasteiger partial charge in [0.05, 0.1) is 12.5 Å². The Morgan fingerprint density at radius 3 is 2.73 bits per heavy atom. The highest BCUT2D eigenvalue weighted by Gasteiger charge is 2.57. The fraction of sp³-hybridized carbons (Fsp3) is 0.875. The molecule has 2 aliphatic rings. The van der Waals surface area contributed by atoms with E-state index in [9.17, 15) is 4.79 Å². The molecule has 3 heteroatoms. The molecule has 2 rings (SSSR count). The standard InChI is InChI=1S/C8H13NO2/c1-2-11-8(10)7-5-3-9-4-6(5)7/h5-7,9H,2-4H2,1H3. The van der Waals surface area contributed by atoms with Crippen molar-refractivity contribution in [1.29, 1.82) is 0 Å². The summed E-state index contributed by atoms with van der Waals surface area (Å²) in [5.41, 5.74) is 0. The first-order valence-corrected chi connectivity index (χ1v) is 4.22. The molecule has 1 aliphatic carbocycles. The minimum Gasteiger partial charge on any atom is -0.466 e. The lowest BCUT2D eigenvalue weighted by Crippen LogP contribution is -2.20. The number of carbonyl (C=O) groups excluding carboxylic acids is 1. The van der Waals surface area contributed by atoms with Gasteiger partial charge in [0.1, 0.15) is 0 Å². The van der Waals surface area contributed by atoms with Gasteiger partial charge in [0.2, 0.25) is 0 Å². The van der Waals surface area contributed by atoms with E-state index in [-0.39, 0.29) is 11.9 Å². The molecule has 0 spiro atoms. The molecule has 1 heterocycles. The molecule has 1 saturated carbocycles. The fourth-order valence-corrected chi connectivity index (χ4v) is 2.01. The van der Waals surface area contributed by atoms with E-state index in [2.05, 4.69) is 5.32 Å². The summed E-state index contributed by atoms with van der Waals surface area (Å²) < 4.78 is 4.94. The number of carbonyl (C=O) groups is 1. The average Bonchev–Trinajstić information content (AvgIpc) is 2.47. The maximum atomic E-state index is 11.2. The second-order valence-electron chi connectivity index (χ2n) is 3.26. The summed E-state index contributed by atoms with van der Waals surface area (Å²) in [5, 5.41) is 3.24. The van der Waals surface area contributed by atoms with E-state index in [1.807, 2.05) is 6.92 Å². The molecule has 2 unspecified atom stereocenters. The molecule has 0 radical (unpaired) electrons. The lowest BCUT2D eigenvalue weighted by atomic mass is 10.3. The van der Waals surface area contributed by atoms with Gasteiger partial charge in [0.15, 0.2) is 0 Å². The Morgan fingerprint density at radius 1 is 1.55 bits per heavy atom. The molecule has 0 amide bonds. The first kappa shape index (κ1) is 7.10. The molecular weight excluding hydrogens is 142 g/mol. The highest BCUT2D eigenvalue weighted by molar-refractivity contribution is 5.76. The van der Waals surface area contributed by atoms with Crippen LogP contribution in [-0.4, -0.2) is 25.7 Å². The largest absolute Gasteiger partial charge is 0.466 e. The number of hydrogen-bond acceptors (Lipinski definition) is 3. The van der Waals surface area contributed by atoms with E-state index >= 15 is 0 Å². The van der Waals surface area contributed by atoms with Crippen molar-refractivity contribution in [2.75, 3.05) is 19.7 Å². The van der Waals surface area contributed by atoms with Crippen LogP contribution in [0.3, 0.4) is 0 Å². The maximum Gasteiger partial charge on any atom is 0.309 e. The highest BCUT2D eigenvalue weighted by atomic mass is 16.5. The Labute approximate surface area is 66.1 Å². The summed E-state index contributed by atoms with van der Waals surface area (Å²) in [6.45, 7) is 4.39. The smallest absolute Gasteiger partial charge is 0.309 e. The third-order valence-electron chi connectivity index (χ3n) is 2.65. The summed E-state index contributed by atoms with van der Waals surface area (Å²) >= 11 is 0. The molecule has 2 fully saturated rings. The second-order valence-corrected chi connectivity index (χ2v) is 3.26. The van der Waals surface area contributed by atoms with Crippen LogP contribution in [0.25, 0.3) is 0 Å². The van der Waals surface area contributed by atoms with Gasteiger partial charge in [-0.2, -0.15) is 0 Å². The minimum atomic E-state index is 0.0176. The lowest BCUT2D eigenvalue weighted by Gasteiger charge is -2.03. The molecule has 0 bridgehead atoms. The van der Waals surface area contributed by atoms with Gasteiger partial charge < -0.3 is 10.1 Å². The first-order chi connectivity index (χ1) is 5.34. The molecule has 1 N–H and O–H groups in total. The van der Waals surface area contributed by atoms with E-state index < -0.39 is 0 Å². The van der Waals surface area contributed by atoms with Crippen LogP contribution < -0.4 is 5.32 Å². The van der Waals surface area contributed by atoms with Crippen molar-refractivity contribution < 1.29 is 9.53 Å². The summed E-state index contributed by atoms with van der Waals surface area (Å²) in [6, 6.07) is 0. The van der Waals surface area contributed by atoms with Gasteiger partial charge in [-0.25, -0.2) is 0 Å². The van der Waals surface area contributed by atoms with E-state index in [0.717, 1.165) is 13.1 Å². The normalized spacial score (nSPS) is 39.9. The Bertz CT molecular complexity index is 171. The Morgan fingerprint density at radius 2 is 2.18 bits per heavy atom. The van der Waals surface area contributed by atoms with Crippen LogP contribution in [0.2, 0.25) is 0 Å². The van der Waals surface area contributed by atoms with Crippen molar-refractivity contribution in [1.82, 2.24) is 5.32 Å². The predicted molar refractivity (Wildman–Crippen MR) is 40.0 cm³/mol. The van der Waals surface area contributed by atoms with Gasteiger partial charge in [0, 0.05) is 0 Å². The molecular formula is C8H13NO2. The van der Waals surface area contributed by atoms with Gasteiger partial charge >= 0.3 is 5.97 Å². The van der Waals surface area contributed by atoms with Gasteiger partial charge in [-0.05, 0) is 31.8 Å². The van der Waals surface area contributed by atoms with Gasteiger partial charge in [-0.1, -0.05) is 0 Å². The zero-order chi connectivity index (χ0) is 7.84. The van der Waals surface area contributed by atoms with Crippen LogP contribution in [0.4, 0.5) is 0 Å². The molecule has 2 atom stereocenters. The first-order valence-electron chi connectivity index (χ1n) is 4.22. The summed E-state index contributed by atoms with van der Waals surface area (Å²) in [6.07, 6.45) is 0. The quantitative estimate of drug-likeness (QED) is 0.571. The number of nitrogens with one attached hydrogen (secondary N) is 1. The van der Waals surface area contributed by atoms with Crippen LogP contribution in [0.1, 0.15) is 6.92 Å².